The van der Waals surface area contributed by atoms with Crippen LogP contribution < -0.4 is 10.9 Å². The molecule has 0 saturated heterocycles. The number of hydrazone groups is 1. The van der Waals surface area contributed by atoms with Crippen LogP contribution in [-0.2, 0) is 9.59 Å². The van der Waals surface area contributed by atoms with Crippen LogP contribution in [0.2, 0.25) is 0 Å². The van der Waals surface area contributed by atoms with E-state index in [2.05, 4.69) is 87.3 Å². The summed E-state index contributed by atoms with van der Waals surface area (Å²) in [7, 11) is 1.76. The summed E-state index contributed by atoms with van der Waals surface area (Å²) in [6, 6.07) is 19.4. The van der Waals surface area contributed by atoms with Crippen molar-refractivity contribution in [1.29, 1.82) is 0 Å². The number of hydrogen-bond donors (Lipinski definition) is 2. The van der Waals surface area contributed by atoms with Crippen molar-refractivity contribution in [1.82, 2.24) is 15.9 Å². The first-order chi connectivity index (χ1) is 18.3. The Balaban J connectivity index is 0.000000907. The minimum Gasteiger partial charge on any atom is -0.307 e. The Morgan fingerprint density at radius 1 is 0.946 bits per heavy atom. The van der Waals surface area contributed by atoms with Gasteiger partial charge in [-0.1, -0.05) is 73.9 Å². The summed E-state index contributed by atoms with van der Waals surface area (Å²) in [5.74, 6) is 2.10. The summed E-state index contributed by atoms with van der Waals surface area (Å²) >= 11 is 0. The molecule has 2 aromatic carbocycles. The highest BCUT2D eigenvalue weighted by Crippen LogP contribution is 2.40. The standard InChI is InChI=1S/C27H30N6.2CH2O/c1-28-26(32-29-2)24-18-31-33-25(22-11-7-4-8-12-22)23(17-30-27(24)33)21-15-13-20(14-16-21)19-9-5-3-6-10-19;2*1-2/h3,5-6,9-10,13-17,22,31H,2,4,7-8,11-12,18H2,1H3,(H,28,32);2*1H2. The molecule has 1 saturated carbocycles. The van der Waals surface area contributed by atoms with Crippen molar-refractivity contribution in [2.75, 3.05) is 13.6 Å². The van der Waals surface area contributed by atoms with Crippen LogP contribution >= 0.6 is 0 Å². The van der Waals surface area contributed by atoms with Gasteiger partial charge < -0.3 is 9.59 Å². The number of allylic oxidation sites excluding steroid dienone is 2. The van der Waals surface area contributed by atoms with Gasteiger partial charge in [0.15, 0.2) is 5.82 Å². The van der Waals surface area contributed by atoms with Gasteiger partial charge in [0.2, 0.25) is 0 Å². The molecular weight excluding hydrogens is 464 g/mol. The Morgan fingerprint density at radius 2 is 1.57 bits per heavy atom. The van der Waals surface area contributed by atoms with Gasteiger partial charge in [-0.3, -0.25) is 15.4 Å². The van der Waals surface area contributed by atoms with Crippen LogP contribution in [-0.4, -0.2) is 50.9 Å². The Morgan fingerprint density at radius 3 is 2.19 bits per heavy atom. The van der Waals surface area contributed by atoms with Gasteiger partial charge in [-0.15, -0.1) is 0 Å². The third-order valence-corrected chi connectivity index (χ3v) is 6.72. The average molecular weight is 499 g/mol. The zero-order valence-corrected chi connectivity index (χ0v) is 21.3. The van der Waals surface area contributed by atoms with Crippen molar-refractivity contribution in [3.63, 3.8) is 0 Å². The first-order valence-corrected chi connectivity index (χ1v) is 12.3. The number of carbonyl (C=O) groups excluding carboxylic acids is 2. The van der Waals surface area contributed by atoms with Gasteiger partial charge in [-0.25, -0.2) is 10.4 Å². The number of amidine groups is 1. The number of nitrogens with one attached hydrogen (secondary N) is 2. The number of nitrogens with zero attached hydrogens (tertiary/aromatic N) is 4. The van der Waals surface area contributed by atoms with Crippen LogP contribution in [0.25, 0.3) is 16.7 Å². The maximum Gasteiger partial charge on any atom is 0.155 e. The van der Waals surface area contributed by atoms with E-state index in [0.29, 0.717) is 18.3 Å². The second kappa shape index (κ2) is 13.8. The van der Waals surface area contributed by atoms with Crippen molar-refractivity contribution in [2.24, 2.45) is 21.0 Å². The van der Waals surface area contributed by atoms with E-state index in [1.807, 2.05) is 19.8 Å². The summed E-state index contributed by atoms with van der Waals surface area (Å²) in [5, 5.41) is 6.01. The molecule has 0 atom stereocenters. The molecule has 8 nitrogen and oxygen atoms in total. The van der Waals surface area contributed by atoms with Crippen molar-refractivity contribution in [3.8, 4) is 11.1 Å². The highest BCUT2D eigenvalue weighted by Gasteiger charge is 2.35. The van der Waals surface area contributed by atoms with Crippen LogP contribution in [0.3, 0.4) is 0 Å². The molecule has 2 aliphatic heterocycles. The molecule has 0 amide bonds. The predicted octanol–water partition coefficient (Wildman–Crippen LogP) is 4.62. The monoisotopic (exact) mass is 498 g/mol. The Kier molecular flexibility index (Phi) is 10.2. The van der Waals surface area contributed by atoms with Gasteiger partial charge >= 0.3 is 0 Å². The van der Waals surface area contributed by atoms with Crippen LogP contribution in [0, 0.1) is 5.92 Å². The lowest BCUT2D eigenvalue weighted by atomic mass is 9.83. The van der Waals surface area contributed by atoms with Gasteiger partial charge in [0, 0.05) is 43.7 Å². The lowest BCUT2D eigenvalue weighted by molar-refractivity contribution is -0.0987. The molecule has 2 aromatic rings. The molecule has 0 spiro atoms. The summed E-state index contributed by atoms with van der Waals surface area (Å²) in [4.78, 5) is 25.2. The fourth-order valence-electron chi connectivity index (χ4n) is 5.08. The van der Waals surface area contributed by atoms with E-state index >= 15 is 0 Å². The molecule has 0 bridgehead atoms. The van der Waals surface area contributed by atoms with E-state index in [1.54, 1.807) is 7.05 Å². The Labute approximate surface area is 218 Å². The maximum atomic E-state index is 8.00. The predicted molar refractivity (Wildman–Crippen MR) is 151 cm³/mol. The van der Waals surface area contributed by atoms with E-state index in [0.717, 1.165) is 11.4 Å². The van der Waals surface area contributed by atoms with E-state index in [4.69, 9.17) is 14.6 Å². The number of carbonyl (C=O) groups is 2. The molecule has 1 aliphatic carbocycles. The number of rotatable bonds is 5. The van der Waals surface area contributed by atoms with Gasteiger partial charge in [0.25, 0.3) is 0 Å². The minimum atomic E-state index is 0.503. The number of fused-ring (bicyclic) bond motifs is 1. The van der Waals surface area contributed by atoms with Crippen molar-refractivity contribution < 1.29 is 9.59 Å². The molecule has 0 aromatic heterocycles. The quantitative estimate of drug-likeness (QED) is 0.356. The lowest BCUT2D eigenvalue weighted by Crippen LogP contribution is -2.37. The molecule has 5 rings (SSSR count). The van der Waals surface area contributed by atoms with Crippen LogP contribution in [0.4, 0.5) is 0 Å². The second-order valence-corrected chi connectivity index (χ2v) is 8.65. The van der Waals surface area contributed by atoms with E-state index in [-0.39, 0.29) is 0 Å². The highest BCUT2D eigenvalue weighted by molar-refractivity contribution is 6.13. The van der Waals surface area contributed by atoms with Gasteiger partial charge in [0.1, 0.15) is 19.4 Å². The van der Waals surface area contributed by atoms with Crippen molar-refractivity contribution in [2.45, 2.75) is 32.1 Å². The normalized spacial score (nSPS) is 17.3. The summed E-state index contributed by atoms with van der Waals surface area (Å²) in [5.41, 5.74) is 13.7. The molecule has 1 fully saturated rings. The fourth-order valence-corrected chi connectivity index (χ4v) is 5.08. The van der Waals surface area contributed by atoms with E-state index < -0.39 is 0 Å². The van der Waals surface area contributed by atoms with Crippen LogP contribution in [0.1, 0.15) is 37.7 Å². The van der Waals surface area contributed by atoms with E-state index in [1.165, 1.54) is 60.1 Å². The van der Waals surface area contributed by atoms with Gasteiger partial charge in [-0.05, 0) is 29.5 Å². The van der Waals surface area contributed by atoms with Crippen LogP contribution in [0.15, 0.2) is 86.8 Å². The third-order valence-electron chi connectivity index (χ3n) is 6.72. The molecule has 2 heterocycles. The largest absolute Gasteiger partial charge is 0.307 e. The summed E-state index contributed by atoms with van der Waals surface area (Å²) in [6.45, 7) is 8.20. The first-order valence-electron chi connectivity index (χ1n) is 12.3. The van der Waals surface area contributed by atoms with E-state index in [9.17, 15) is 0 Å². The number of aliphatic imine (C=N–C) groups is 2. The van der Waals surface area contributed by atoms with Crippen LogP contribution in [0.5, 0.6) is 0 Å². The van der Waals surface area contributed by atoms with Gasteiger partial charge in [0.05, 0.1) is 5.57 Å². The fraction of sp³-hybridized carbons (Fsp3) is 0.276. The molecule has 8 heteroatoms. The van der Waals surface area contributed by atoms with Gasteiger partial charge in [-0.2, -0.15) is 5.10 Å². The number of hydrazine groups is 1. The lowest BCUT2D eigenvalue weighted by Gasteiger charge is -2.35. The smallest absolute Gasteiger partial charge is 0.155 e. The Hall–Kier alpha value is -4.17. The number of benzene rings is 2. The molecule has 2 N–H and O–H groups in total. The molecule has 0 unspecified atom stereocenters. The van der Waals surface area contributed by atoms with Crippen molar-refractivity contribution >= 4 is 37.9 Å². The molecule has 192 valence electrons. The zero-order chi connectivity index (χ0) is 26.6. The zero-order valence-electron chi connectivity index (χ0n) is 21.3. The molecular formula is C29H34N6O2. The molecule has 3 aliphatic rings. The second-order valence-electron chi connectivity index (χ2n) is 8.65. The third kappa shape index (κ3) is 5.98. The maximum absolute atomic E-state index is 8.00. The highest BCUT2D eigenvalue weighted by atomic mass is 16.1. The number of hydrogen-bond acceptors (Lipinski definition) is 7. The first kappa shape index (κ1) is 27.4. The molecule has 37 heavy (non-hydrogen) atoms. The molecule has 0 radical (unpaired) electrons. The average Bonchev–Trinajstić information content (AvgIpc) is 3.42. The summed E-state index contributed by atoms with van der Waals surface area (Å²) in [6.07, 6.45) is 8.31. The topological polar surface area (TPSA) is 98.5 Å². The van der Waals surface area contributed by atoms with Crippen molar-refractivity contribution in [3.05, 3.63) is 77.3 Å². The Bertz CT molecular complexity index is 1180. The summed E-state index contributed by atoms with van der Waals surface area (Å²) < 4.78 is 0. The SMILES string of the molecule is C=NNC(=NC)C1=C2N=CC(c3ccc(-c4ccccc4)cc3)=C(C3CCCCC3)N2NC1.C=O.C=O. The minimum absolute atomic E-state index is 0.503.